The molecule has 0 bridgehead atoms. The third-order valence-corrected chi connectivity index (χ3v) is 2.80. The van der Waals surface area contributed by atoms with Gasteiger partial charge < -0.3 is 0 Å². The van der Waals surface area contributed by atoms with Gasteiger partial charge in [-0.25, -0.2) is 4.68 Å². The van der Waals surface area contributed by atoms with Crippen LogP contribution >= 0.6 is 11.6 Å². The van der Waals surface area contributed by atoms with Gasteiger partial charge in [-0.2, -0.15) is 18.3 Å². The van der Waals surface area contributed by atoms with Crippen molar-refractivity contribution in [2.24, 2.45) is 0 Å². The van der Waals surface area contributed by atoms with Gasteiger partial charge in [0.1, 0.15) is 5.69 Å². The van der Waals surface area contributed by atoms with Crippen LogP contribution in [-0.2, 0) is 12.1 Å². The topological polar surface area (TPSA) is 61.0 Å². The number of nitrogens with zero attached hydrogens (tertiary/aromatic N) is 3. The summed E-state index contributed by atoms with van der Waals surface area (Å²) in [5.41, 5.74) is -1.36. The molecule has 2 aromatic rings. The summed E-state index contributed by atoms with van der Waals surface area (Å²) in [4.78, 5) is 10.0. The maximum Gasteiger partial charge on any atom is 0.416 e. The van der Waals surface area contributed by atoms with Gasteiger partial charge in [0.15, 0.2) is 0 Å². The van der Waals surface area contributed by atoms with Crippen molar-refractivity contribution in [3.05, 3.63) is 51.8 Å². The van der Waals surface area contributed by atoms with Crippen LogP contribution in [0.5, 0.6) is 0 Å². The van der Waals surface area contributed by atoms with Crippen molar-refractivity contribution in [2.45, 2.75) is 12.1 Å². The fourth-order valence-electron chi connectivity index (χ4n) is 1.61. The predicted molar refractivity (Wildman–Crippen MR) is 64.8 cm³/mol. The maximum absolute atomic E-state index is 12.6. The maximum atomic E-state index is 12.6. The Balaban J connectivity index is 2.56. The highest BCUT2D eigenvalue weighted by Crippen LogP contribution is 2.34. The third kappa shape index (κ3) is 2.74. The molecule has 1 heterocycles. The first-order valence-corrected chi connectivity index (χ1v) is 5.83. The van der Waals surface area contributed by atoms with Crippen LogP contribution in [0.15, 0.2) is 30.5 Å². The Kier molecular flexibility index (Phi) is 3.67. The second-order valence-electron chi connectivity index (χ2n) is 3.84. The van der Waals surface area contributed by atoms with Crippen LogP contribution in [0.4, 0.5) is 18.9 Å². The second-order valence-corrected chi connectivity index (χ2v) is 4.11. The molecule has 0 radical (unpaired) electrons. The second kappa shape index (κ2) is 5.12. The predicted octanol–water partition coefficient (Wildman–Crippen LogP) is 3.54. The van der Waals surface area contributed by atoms with Crippen molar-refractivity contribution >= 4 is 17.3 Å². The van der Waals surface area contributed by atoms with E-state index in [2.05, 4.69) is 5.10 Å². The largest absolute Gasteiger partial charge is 0.416 e. The summed E-state index contributed by atoms with van der Waals surface area (Å²) in [6, 6.07) is 3.78. The molecule has 2 rings (SSSR count). The van der Waals surface area contributed by atoms with Crippen LogP contribution in [0.2, 0.25) is 0 Å². The van der Waals surface area contributed by atoms with Gasteiger partial charge in [0, 0.05) is 12.3 Å². The summed E-state index contributed by atoms with van der Waals surface area (Å²) in [7, 11) is 0. The Hall–Kier alpha value is -2.09. The fourth-order valence-corrected chi connectivity index (χ4v) is 1.75. The van der Waals surface area contributed by atoms with Crippen LogP contribution < -0.4 is 0 Å². The minimum atomic E-state index is -4.64. The first-order valence-electron chi connectivity index (χ1n) is 5.29. The number of hydrogen-bond acceptors (Lipinski definition) is 3. The fraction of sp³-hybridized carbons (Fsp3) is 0.182. The van der Waals surface area contributed by atoms with E-state index < -0.39 is 22.4 Å². The molecular weight excluding hydrogens is 299 g/mol. The van der Waals surface area contributed by atoms with Gasteiger partial charge in [-0.05, 0) is 18.2 Å². The molecule has 1 aromatic carbocycles. The van der Waals surface area contributed by atoms with Crippen LogP contribution in [0.3, 0.4) is 0 Å². The molecular formula is C11H7ClF3N3O2. The summed E-state index contributed by atoms with van der Waals surface area (Å²) in [5.74, 6) is 0.0986. The van der Waals surface area contributed by atoms with Crippen LogP contribution in [-0.4, -0.2) is 14.7 Å². The molecule has 0 unspecified atom stereocenters. The SMILES string of the molecule is O=[N+]([O-])c1cc(C(F)(F)F)ccc1-n1ccc(CCl)n1. The molecule has 0 amide bonds. The molecule has 0 N–H and O–H groups in total. The summed E-state index contributed by atoms with van der Waals surface area (Å²) < 4.78 is 38.8. The number of rotatable bonds is 3. The standard InChI is InChI=1S/C11H7ClF3N3O2/c12-6-8-3-4-17(16-8)9-2-1-7(11(13,14)15)5-10(9)18(19)20/h1-5H,6H2. The number of halogens is 4. The van der Waals surface area contributed by atoms with E-state index in [1.165, 1.54) is 12.3 Å². The molecule has 0 aliphatic rings. The lowest BCUT2D eigenvalue weighted by atomic mass is 10.1. The zero-order chi connectivity index (χ0) is 14.9. The van der Waals surface area contributed by atoms with Crippen LogP contribution in [0, 0.1) is 10.1 Å². The number of nitro groups is 1. The van der Waals surface area contributed by atoms with E-state index >= 15 is 0 Å². The van der Waals surface area contributed by atoms with Gasteiger partial charge in [0.05, 0.1) is 22.1 Å². The van der Waals surface area contributed by atoms with Crippen molar-refractivity contribution in [1.82, 2.24) is 9.78 Å². The Morgan fingerprint density at radius 2 is 2.05 bits per heavy atom. The Morgan fingerprint density at radius 3 is 2.55 bits per heavy atom. The van der Waals surface area contributed by atoms with Gasteiger partial charge in [0.25, 0.3) is 5.69 Å². The quantitative estimate of drug-likeness (QED) is 0.495. The van der Waals surface area contributed by atoms with Crippen molar-refractivity contribution < 1.29 is 18.1 Å². The molecule has 20 heavy (non-hydrogen) atoms. The molecule has 1 aromatic heterocycles. The first kappa shape index (κ1) is 14.3. The molecule has 0 aliphatic heterocycles. The zero-order valence-electron chi connectivity index (χ0n) is 9.76. The lowest BCUT2D eigenvalue weighted by molar-refractivity contribution is -0.384. The molecule has 106 valence electrons. The van der Waals surface area contributed by atoms with E-state index in [1.807, 2.05) is 0 Å². The summed E-state index contributed by atoms with van der Waals surface area (Å²) in [6.07, 6.45) is -3.25. The number of hydrogen-bond donors (Lipinski definition) is 0. The van der Waals surface area contributed by atoms with Gasteiger partial charge in [-0.15, -0.1) is 11.6 Å². The van der Waals surface area contributed by atoms with E-state index in [4.69, 9.17) is 11.6 Å². The highest BCUT2D eigenvalue weighted by Gasteiger charge is 2.33. The molecule has 0 atom stereocenters. The van der Waals surface area contributed by atoms with Gasteiger partial charge in [0.2, 0.25) is 0 Å². The highest BCUT2D eigenvalue weighted by atomic mass is 35.5. The van der Waals surface area contributed by atoms with Crippen molar-refractivity contribution in [1.29, 1.82) is 0 Å². The van der Waals surface area contributed by atoms with E-state index in [0.29, 0.717) is 11.8 Å². The van der Waals surface area contributed by atoms with Crippen molar-refractivity contribution in [2.75, 3.05) is 0 Å². The normalized spacial score (nSPS) is 11.6. The molecule has 0 fully saturated rings. The lowest BCUT2D eigenvalue weighted by Gasteiger charge is -2.08. The minimum absolute atomic E-state index is 0.0561. The molecule has 0 saturated carbocycles. The highest BCUT2D eigenvalue weighted by molar-refractivity contribution is 6.16. The Labute approximate surface area is 115 Å². The number of nitro benzene ring substituents is 1. The molecule has 0 spiro atoms. The molecule has 0 saturated heterocycles. The minimum Gasteiger partial charge on any atom is -0.258 e. The number of alkyl halides is 4. The smallest absolute Gasteiger partial charge is 0.258 e. The third-order valence-electron chi connectivity index (χ3n) is 2.53. The molecule has 5 nitrogen and oxygen atoms in total. The average Bonchev–Trinajstić information content (AvgIpc) is 2.85. The summed E-state index contributed by atoms with van der Waals surface area (Å²) >= 11 is 5.56. The zero-order valence-corrected chi connectivity index (χ0v) is 10.5. The van der Waals surface area contributed by atoms with Gasteiger partial charge in [-0.3, -0.25) is 10.1 Å². The summed E-state index contributed by atoms with van der Waals surface area (Å²) in [6.45, 7) is 0. The Morgan fingerprint density at radius 1 is 1.35 bits per heavy atom. The number of benzene rings is 1. The summed E-state index contributed by atoms with van der Waals surface area (Å²) in [5, 5.41) is 14.9. The monoisotopic (exact) mass is 305 g/mol. The van der Waals surface area contributed by atoms with Crippen molar-refractivity contribution in [3.8, 4) is 5.69 Å². The van der Waals surface area contributed by atoms with Crippen molar-refractivity contribution in [3.63, 3.8) is 0 Å². The Bertz CT molecular complexity index is 655. The van der Waals surface area contributed by atoms with E-state index in [1.54, 1.807) is 0 Å². The van der Waals surface area contributed by atoms with Crippen LogP contribution in [0.25, 0.3) is 5.69 Å². The van der Waals surface area contributed by atoms with E-state index in [0.717, 1.165) is 16.8 Å². The molecule has 0 aliphatic carbocycles. The average molecular weight is 306 g/mol. The van der Waals surface area contributed by atoms with Crippen LogP contribution in [0.1, 0.15) is 11.3 Å². The van der Waals surface area contributed by atoms with Gasteiger partial charge in [-0.1, -0.05) is 0 Å². The van der Waals surface area contributed by atoms with E-state index in [9.17, 15) is 23.3 Å². The van der Waals surface area contributed by atoms with E-state index in [-0.39, 0.29) is 11.6 Å². The molecule has 9 heteroatoms. The number of aromatic nitrogens is 2. The van der Waals surface area contributed by atoms with Gasteiger partial charge >= 0.3 is 6.18 Å². The first-order chi connectivity index (χ1) is 9.32. The lowest BCUT2D eigenvalue weighted by Crippen LogP contribution is -2.08.